The molecule has 150 valence electrons. The number of aliphatic imine (C=N–C) groups is 1. The van der Waals surface area contributed by atoms with Crippen LogP contribution >= 0.6 is 11.6 Å². The molecule has 1 aliphatic rings. The van der Waals surface area contributed by atoms with E-state index < -0.39 is 11.9 Å². The molecule has 0 bridgehead atoms. The fraction of sp³-hybridized carbons (Fsp3) is 0.190. The number of carbonyl (C=O) groups excluding carboxylic acids is 2. The van der Waals surface area contributed by atoms with Crippen molar-refractivity contribution < 1.29 is 28.5 Å². The molecular formula is C21H18ClNO6. The zero-order chi connectivity index (χ0) is 20.8. The lowest BCUT2D eigenvalue weighted by Crippen LogP contribution is -2.13. The second-order valence-corrected chi connectivity index (χ2v) is 6.28. The van der Waals surface area contributed by atoms with Gasteiger partial charge >= 0.3 is 11.9 Å². The summed E-state index contributed by atoms with van der Waals surface area (Å²) in [5.74, 6) is -0.0332. The van der Waals surface area contributed by atoms with Crippen LogP contribution < -0.4 is 9.47 Å². The fourth-order valence-electron chi connectivity index (χ4n) is 2.48. The molecule has 0 saturated heterocycles. The molecule has 29 heavy (non-hydrogen) atoms. The van der Waals surface area contributed by atoms with Crippen LogP contribution in [0.2, 0.25) is 5.02 Å². The van der Waals surface area contributed by atoms with E-state index in [2.05, 4.69) is 9.73 Å². The van der Waals surface area contributed by atoms with E-state index in [0.717, 1.165) is 0 Å². The Hall–Kier alpha value is -3.32. The van der Waals surface area contributed by atoms with Crippen LogP contribution in [0.5, 0.6) is 11.5 Å². The number of hydrogen-bond acceptors (Lipinski definition) is 7. The maximum atomic E-state index is 12.2. The number of cyclic esters (lactones) is 1. The van der Waals surface area contributed by atoms with Crippen molar-refractivity contribution in [1.29, 1.82) is 0 Å². The molecular weight excluding hydrogens is 398 g/mol. The summed E-state index contributed by atoms with van der Waals surface area (Å²) in [6, 6.07) is 11.9. The Morgan fingerprint density at radius 1 is 1.14 bits per heavy atom. The Balaban J connectivity index is 1.84. The Labute approximate surface area is 172 Å². The van der Waals surface area contributed by atoms with E-state index in [1.165, 1.54) is 7.11 Å². The van der Waals surface area contributed by atoms with E-state index in [1.54, 1.807) is 48.5 Å². The van der Waals surface area contributed by atoms with Gasteiger partial charge in [-0.1, -0.05) is 17.7 Å². The molecule has 7 nitrogen and oxygen atoms in total. The van der Waals surface area contributed by atoms with E-state index >= 15 is 0 Å². The SMILES string of the molecule is CCOc1cc(C=C2N=C(c3ccc(Cl)cc3)OC2=O)ccc1OCC(=O)OC. The highest BCUT2D eigenvalue weighted by molar-refractivity contribution is 6.30. The van der Waals surface area contributed by atoms with Crippen molar-refractivity contribution in [2.24, 2.45) is 4.99 Å². The van der Waals surface area contributed by atoms with Crippen LogP contribution in [-0.2, 0) is 19.1 Å². The zero-order valence-electron chi connectivity index (χ0n) is 15.8. The van der Waals surface area contributed by atoms with Gasteiger partial charge in [-0.15, -0.1) is 0 Å². The van der Waals surface area contributed by atoms with Crippen LogP contribution in [0, 0.1) is 0 Å². The van der Waals surface area contributed by atoms with Crippen molar-refractivity contribution in [1.82, 2.24) is 0 Å². The van der Waals surface area contributed by atoms with Gasteiger partial charge in [-0.25, -0.2) is 14.6 Å². The first kappa shape index (κ1) is 20.4. The lowest BCUT2D eigenvalue weighted by molar-refractivity contribution is -0.143. The number of nitrogens with zero attached hydrogens (tertiary/aromatic N) is 1. The van der Waals surface area contributed by atoms with Crippen molar-refractivity contribution >= 4 is 35.5 Å². The highest BCUT2D eigenvalue weighted by Gasteiger charge is 2.24. The van der Waals surface area contributed by atoms with Gasteiger partial charge in [-0.05, 0) is 55.0 Å². The van der Waals surface area contributed by atoms with E-state index in [9.17, 15) is 9.59 Å². The van der Waals surface area contributed by atoms with E-state index in [0.29, 0.717) is 34.3 Å². The van der Waals surface area contributed by atoms with Crippen LogP contribution in [0.4, 0.5) is 0 Å². The molecule has 8 heteroatoms. The van der Waals surface area contributed by atoms with E-state index in [4.69, 9.17) is 25.8 Å². The molecule has 0 atom stereocenters. The van der Waals surface area contributed by atoms with Crippen LogP contribution in [0.1, 0.15) is 18.1 Å². The maximum absolute atomic E-state index is 12.2. The van der Waals surface area contributed by atoms with Crippen LogP contribution in [0.3, 0.4) is 0 Å². The van der Waals surface area contributed by atoms with Gasteiger partial charge in [0, 0.05) is 10.6 Å². The normalized spacial score (nSPS) is 14.4. The summed E-state index contributed by atoms with van der Waals surface area (Å²) in [6.45, 7) is 1.99. The quantitative estimate of drug-likeness (QED) is 0.507. The summed E-state index contributed by atoms with van der Waals surface area (Å²) in [7, 11) is 1.28. The Morgan fingerprint density at radius 3 is 2.59 bits per heavy atom. The first-order valence-electron chi connectivity index (χ1n) is 8.75. The molecule has 0 aromatic heterocycles. The second kappa shape index (κ2) is 9.25. The minimum absolute atomic E-state index is 0.153. The summed E-state index contributed by atoms with van der Waals surface area (Å²) in [6.07, 6.45) is 1.58. The van der Waals surface area contributed by atoms with Gasteiger partial charge in [0.2, 0.25) is 5.90 Å². The molecule has 2 aromatic rings. The molecule has 0 amide bonds. The summed E-state index contributed by atoms with van der Waals surface area (Å²) < 4.78 is 20.8. The Morgan fingerprint density at radius 2 is 1.90 bits per heavy atom. The zero-order valence-corrected chi connectivity index (χ0v) is 16.6. The third-order valence-electron chi connectivity index (χ3n) is 3.86. The Bertz CT molecular complexity index is 981. The van der Waals surface area contributed by atoms with E-state index in [1.807, 2.05) is 6.92 Å². The predicted molar refractivity (Wildman–Crippen MR) is 107 cm³/mol. The first-order valence-corrected chi connectivity index (χ1v) is 9.13. The second-order valence-electron chi connectivity index (χ2n) is 5.85. The summed E-state index contributed by atoms with van der Waals surface area (Å²) >= 11 is 5.88. The van der Waals surface area contributed by atoms with Crippen LogP contribution in [0.15, 0.2) is 53.2 Å². The largest absolute Gasteiger partial charge is 0.490 e. The third-order valence-corrected chi connectivity index (χ3v) is 4.11. The number of hydrogen-bond donors (Lipinski definition) is 0. The molecule has 0 spiro atoms. The van der Waals surface area contributed by atoms with Gasteiger partial charge < -0.3 is 18.9 Å². The molecule has 0 radical (unpaired) electrons. The van der Waals surface area contributed by atoms with Crippen LogP contribution in [0.25, 0.3) is 6.08 Å². The molecule has 0 aliphatic carbocycles. The number of esters is 2. The monoisotopic (exact) mass is 415 g/mol. The predicted octanol–water partition coefficient (Wildman–Crippen LogP) is 3.64. The molecule has 2 aromatic carbocycles. The number of rotatable bonds is 7. The van der Waals surface area contributed by atoms with Gasteiger partial charge in [-0.2, -0.15) is 0 Å². The molecule has 3 rings (SSSR count). The highest BCUT2D eigenvalue weighted by Crippen LogP contribution is 2.30. The highest BCUT2D eigenvalue weighted by atomic mass is 35.5. The van der Waals surface area contributed by atoms with Gasteiger partial charge in [-0.3, -0.25) is 0 Å². The van der Waals surface area contributed by atoms with E-state index in [-0.39, 0.29) is 18.2 Å². The standard InChI is InChI=1S/C21H18ClNO6/c1-3-27-18-11-13(4-9-17(18)28-12-19(24)26-2)10-16-21(25)29-20(23-16)14-5-7-15(22)8-6-14/h4-11H,3,12H2,1-2H3. The number of methoxy groups -OCH3 is 1. The molecule has 0 unspecified atom stereocenters. The Kier molecular flexibility index (Phi) is 6.51. The first-order chi connectivity index (χ1) is 14.0. The van der Waals surface area contributed by atoms with Crippen molar-refractivity contribution in [2.75, 3.05) is 20.3 Å². The number of ether oxygens (including phenoxy) is 4. The fourth-order valence-corrected chi connectivity index (χ4v) is 2.61. The minimum atomic E-state index is -0.557. The number of halogens is 1. The maximum Gasteiger partial charge on any atom is 0.363 e. The van der Waals surface area contributed by atoms with Gasteiger partial charge in [0.05, 0.1) is 13.7 Å². The summed E-state index contributed by atoms with van der Waals surface area (Å²) in [4.78, 5) is 27.7. The van der Waals surface area contributed by atoms with Crippen molar-refractivity contribution in [3.8, 4) is 11.5 Å². The lowest BCUT2D eigenvalue weighted by atomic mass is 10.1. The van der Waals surface area contributed by atoms with Crippen LogP contribution in [-0.4, -0.2) is 38.2 Å². The topological polar surface area (TPSA) is 83.4 Å². The molecule has 0 fully saturated rings. The molecule has 1 aliphatic heterocycles. The molecule has 1 heterocycles. The number of benzene rings is 2. The molecule has 0 saturated carbocycles. The van der Waals surface area contributed by atoms with Crippen molar-refractivity contribution in [3.63, 3.8) is 0 Å². The van der Waals surface area contributed by atoms with Crippen molar-refractivity contribution in [3.05, 3.63) is 64.3 Å². The van der Waals surface area contributed by atoms with Gasteiger partial charge in [0.25, 0.3) is 0 Å². The lowest BCUT2D eigenvalue weighted by Gasteiger charge is -2.11. The third kappa shape index (κ3) is 5.14. The van der Waals surface area contributed by atoms with Crippen molar-refractivity contribution in [2.45, 2.75) is 6.92 Å². The minimum Gasteiger partial charge on any atom is -0.490 e. The smallest absolute Gasteiger partial charge is 0.363 e. The summed E-state index contributed by atoms with van der Waals surface area (Å²) in [5.41, 5.74) is 1.46. The van der Waals surface area contributed by atoms with Gasteiger partial charge in [0.15, 0.2) is 23.8 Å². The van der Waals surface area contributed by atoms with Gasteiger partial charge in [0.1, 0.15) is 0 Å². The average Bonchev–Trinajstić information content (AvgIpc) is 3.08. The molecule has 0 N–H and O–H groups in total. The number of carbonyl (C=O) groups is 2. The average molecular weight is 416 g/mol. The summed E-state index contributed by atoms with van der Waals surface area (Å²) in [5, 5.41) is 0.576.